The van der Waals surface area contributed by atoms with Crippen LogP contribution in [-0.4, -0.2) is 33.4 Å². The highest BCUT2D eigenvalue weighted by atomic mass is 32.2. The van der Waals surface area contributed by atoms with Gasteiger partial charge in [-0.05, 0) is 39.0 Å². The number of aliphatic carboxylic acids is 1. The van der Waals surface area contributed by atoms with E-state index in [1.54, 1.807) is 18.0 Å². The van der Waals surface area contributed by atoms with Crippen LogP contribution in [-0.2, 0) is 4.79 Å². The van der Waals surface area contributed by atoms with Gasteiger partial charge in [0.15, 0.2) is 0 Å². The third-order valence-electron chi connectivity index (χ3n) is 3.64. The van der Waals surface area contributed by atoms with E-state index in [2.05, 4.69) is 10.3 Å². The van der Waals surface area contributed by atoms with E-state index in [1.807, 2.05) is 13.8 Å². The maximum absolute atomic E-state index is 11.6. The molecule has 1 saturated carbocycles. The summed E-state index contributed by atoms with van der Waals surface area (Å²) in [6.07, 6.45) is 5.90. The summed E-state index contributed by atoms with van der Waals surface area (Å²) in [4.78, 5) is 15.8. The highest BCUT2D eigenvalue weighted by molar-refractivity contribution is 7.99. The van der Waals surface area contributed by atoms with Gasteiger partial charge in [-0.15, -0.1) is 0 Å². The number of aromatic nitrogens is 1. The molecule has 6 heteroatoms. The van der Waals surface area contributed by atoms with Gasteiger partial charge in [0.1, 0.15) is 11.8 Å². The Morgan fingerprint density at radius 1 is 1.65 bits per heavy atom. The van der Waals surface area contributed by atoms with Crippen LogP contribution in [0.15, 0.2) is 15.9 Å². The fraction of sp³-hybridized carbons (Fsp3) is 0.714. The van der Waals surface area contributed by atoms with Gasteiger partial charge in [0, 0.05) is 11.8 Å². The van der Waals surface area contributed by atoms with E-state index >= 15 is 0 Å². The third-order valence-corrected chi connectivity index (χ3v) is 4.57. The van der Waals surface area contributed by atoms with Gasteiger partial charge in [-0.1, -0.05) is 18.7 Å². The summed E-state index contributed by atoms with van der Waals surface area (Å²) in [6, 6.07) is 0.396. The average Bonchev–Trinajstić information content (AvgIpc) is 3.13. The van der Waals surface area contributed by atoms with Crippen molar-refractivity contribution in [3.63, 3.8) is 0 Å². The van der Waals surface area contributed by atoms with E-state index in [-0.39, 0.29) is 0 Å². The number of nitrogens with one attached hydrogen (secondary N) is 1. The van der Waals surface area contributed by atoms with Gasteiger partial charge in [0.2, 0.25) is 0 Å². The number of nitrogens with zero attached hydrogens (tertiary/aromatic N) is 1. The van der Waals surface area contributed by atoms with Crippen LogP contribution < -0.4 is 5.32 Å². The van der Waals surface area contributed by atoms with E-state index in [1.165, 1.54) is 0 Å². The first-order valence-electron chi connectivity index (χ1n) is 7.12. The zero-order valence-electron chi connectivity index (χ0n) is 12.0. The topological polar surface area (TPSA) is 75.4 Å². The van der Waals surface area contributed by atoms with Crippen LogP contribution in [0.3, 0.4) is 0 Å². The Morgan fingerprint density at radius 2 is 2.40 bits per heavy atom. The number of carbonyl (C=O) groups is 1. The maximum Gasteiger partial charge on any atom is 0.323 e. The van der Waals surface area contributed by atoms with Crippen molar-refractivity contribution < 1.29 is 14.3 Å². The SMILES string of the molecule is CCC(CCCSc1nc(C)co1)(NC1CC1)C(=O)O. The molecule has 0 spiro atoms. The first kappa shape index (κ1) is 15.4. The molecule has 5 nitrogen and oxygen atoms in total. The van der Waals surface area contributed by atoms with Crippen LogP contribution in [0.5, 0.6) is 0 Å². The second-order valence-corrected chi connectivity index (χ2v) is 6.41. The normalized spacial score (nSPS) is 17.9. The van der Waals surface area contributed by atoms with Crippen molar-refractivity contribution in [3.8, 4) is 0 Å². The lowest BCUT2D eigenvalue weighted by Gasteiger charge is -2.29. The minimum Gasteiger partial charge on any atom is -0.480 e. The zero-order valence-corrected chi connectivity index (χ0v) is 12.8. The van der Waals surface area contributed by atoms with E-state index in [0.717, 1.165) is 30.7 Å². The van der Waals surface area contributed by atoms with E-state index < -0.39 is 11.5 Å². The summed E-state index contributed by atoms with van der Waals surface area (Å²) in [5, 5.41) is 13.5. The van der Waals surface area contributed by atoms with Gasteiger partial charge in [-0.3, -0.25) is 10.1 Å². The number of rotatable bonds is 9. The van der Waals surface area contributed by atoms with Crippen molar-refractivity contribution >= 4 is 17.7 Å². The summed E-state index contributed by atoms with van der Waals surface area (Å²) in [7, 11) is 0. The quantitative estimate of drug-likeness (QED) is 0.539. The van der Waals surface area contributed by atoms with Crippen LogP contribution >= 0.6 is 11.8 Å². The molecule has 0 saturated heterocycles. The van der Waals surface area contributed by atoms with Gasteiger partial charge in [-0.25, -0.2) is 4.98 Å². The van der Waals surface area contributed by atoms with Gasteiger partial charge in [0.05, 0.1) is 5.69 Å². The Morgan fingerprint density at radius 3 is 2.90 bits per heavy atom. The van der Waals surface area contributed by atoms with Crippen molar-refractivity contribution in [1.82, 2.24) is 10.3 Å². The van der Waals surface area contributed by atoms with Crippen LogP contribution in [0, 0.1) is 6.92 Å². The van der Waals surface area contributed by atoms with E-state index in [4.69, 9.17) is 4.42 Å². The second kappa shape index (κ2) is 6.63. The molecular weight excluding hydrogens is 276 g/mol. The molecule has 1 atom stereocenters. The molecule has 2 rings (SSSR count). The van der Waals surface area contributed by atoms with Crippen LogP contribution in [0.2, 0.25) is 0 Å². The molecule has 0 amide bonds. The number of hydrogen-bond donors (Lipinski definition) is 2. The van der Waals surface area contributed by atoms with Crippen molar-refractivity contribution in [2.45, 2.75) is 62.8 Å². The van der Waals surface area contributed by atoms with E-state index in [0.29, 0.717) is 24.1 Å². The Kier molecular flexibility index (Phi) is 5.10. The fourth-order valence-electron chi connectivity index (χ4n) is 2.22. The molecule has 1 aromatic rings. The number of carboxylic acids is 1. The third kappa shape index (κ3) is 3.99. The minimum atomic E-state index is -0.770. The first-order chi connectivity index (χ1) is 9.55. The fourth-order valence-corrected chi connectivity index (χ4v) is 3.01. The largest absolute Gasteiger partial charge is 0.480 e. The number of oxazole rings is 1. The summed E-state index contributed by atoms with van der Waals surface area (Å²) < 4.78 is 5.26. The number of aryl methyl sites for hydroxylation is 1. The lowest BCUT2D eigenvalue weighted by Crippen LogP contribution is -2.52. The highest BCUT2D eigenvalue weighted by Crippen LogP contribution is 2.28. The molecule has 1 aliphatic rings. The Bertz CT molecular complexity index is 459. The van der Waals surface area contributed by atoms with E-state index in [9.17, 15) is 9.90 Å². The summed E-state index contributed by atoms with van der Waals surface area (Å²) in [5.41, 5.74) is 0.102. The molecule has 0 aromatic carbocycles. The molecule has 0 bridgehead atoms. The highest BCUT2D eigenvalue weighted by Gasteiger charge is 2.40. The molecule has 20 heavy (non-hydrogen) atoms. The molecular formula is C14H22N2O3S. The Labute approximate surface area is 123 Å². The number of carboxylic acid groups (broad SMARTS) is 1. The lowest BCUT2D eigenvalue weighted by atomic mass is 9.90. The van der Waals surface area contributed by atoms with Crippen LogP contribution in [0.4, 0.5) is 0 Å². The van der Waals surface area contributed by atoms with Crippen molar-refractivity contribution in [2.24, 2.45) is 0 Å². The standard InChI is InChI=1S/C14H22N2O3S/c1-3-14(12(17)18,16-11-5-6-11)7-4-8-20-13-15-10(2)9-19-13/h9,11,16H,3-8H2,1-2H3,(H,17,18). The van der Waals surface area contributed by atoms with Crippen LogP contribution in [0.1, 0.15) is 44.7 Å². The minimum absolute atomic E-state index is 0.396. The predicted molar refractivity (Wildman–Crippen MR) is 78.0 cm³/mol. The molecule has 1 heterocycles. The molecule has 1 aromatic heterocycles. The smallest absolute Gasteiger partial charge is 0.323 e. The van der Waals surface area contributed by atoms with Crippen molar-refractivity contribution in [3.05, 3.63) is 12.0 Å². The van der Waals surface area contributed by atoms with Gasteiger partial charge in [-0.2, -0.15) is 0 Å². The molecule has 112 valence electrons. The average molecular weight is 298 g/mol. The van der Waals surface area contributed by atoms with Crippen molar-refractivity contribution in [2.75, 3.05) is 5.75 Å². The second-order valence-electron chi connectivity index (χ2n) is 5.37. The zero-order chi connectivity index (χ0) is 14.6. The predicted octanol–water partition coefficient (Wildman–Crippen LogP) is 2.84. The van der Waals surface area contributed by atoms with Gasteiger partial charge >= 0.3 is 5.97 Å². The van der Waals surface area contributed by atoms with Crippen molar-refractivity contribution in [1.29, 1.82) is 0 Å². The first-order valence-corrected chi connectivity index (χ1v) is 8.10. The molecule has 0 aliphatic heterocycles. The molecule has 1 aliphatic carbocycles. The maximum atomic E-state index is 11.6. The Hall–Kier alpha value is -1.01. The molecule has 1 unspecified atom stereocenters. The van der Waals surface area contributed by atoms with Gasteiger partial charge < -0.3 is 9.52 Å². The van der Waals surface area contributed by atoms with Crippen LogP contribution in [0.25, 0.3) is 0 Å². The summed E-state index contributed by atoms with van der Waals surface area (Å²) in [5.74, 6) is 0.0882. The van der Waals surface area contributed by atoms with Gasteiger partial charge in [0.25, 0.3) is 5.22 Å². The molecule has 0 radical (unpaired) electrons. The number of thioether (sulfide) groups is 1. The summed E-state index contributed by atoms with van der Waals surface area (Å²) in [6.45, 7) is 3.83. The lowest BCUT2D eigenvalue weighted by molar-refractivity contribution is -0.145. The monoisotopic (exact) mass is 298 g/mol. The Balaban J connectivity index is 1.80. The molecule has 1 fully saturated rings. The number of hydrogen-bond acceptors (Lipinski definition) is 5. The molecule has 2 N–H and O–H groups in total. The summed E-state index contributed by atoms with van der Waals surface area (Å²) >= 11 is 1.54.